The van der Waals surface area contributed by atoms with E-state index >= 15 is 0 Å². The van der Waals surface area contributed by atoms with Crippen LogP contribution in [-0.2, 0) is 21.9 Å². The number of morpholine rings is 1. The molecule has 1 saturated heterocycles. The van der Waals surface area contributed by atoms with E-state index in [0.717, 1.165) is 24.3 Å². The quantitative estimate of drug-likeness (QED) is 0.554. The Hall–Kier alpha value is -2.17. The minimum absolute atomic E-state index is 0.0596. The van der Waals surface area contributed by atoms with Crippen LogP contribution in [0.4, 0.5) is 30.7 Å². The van der Waals surface area contributed by atoms with Crippen LogP contribution < -0.4 is 0 Å². The average Bonchev–Trinajstić information content (AvgIpc) is 2.67. The van der Waals surface area contributed by atoms with Crippen LogP contribution in [0.15, 0.2) is 42.5 Å². The van der Waals surface area contributed by atoms with Crippen molar-refractivity contribution >= 4 is 0 Å². The van der Waals surface area contributed by atoms with E-state index in [2.05, 4.69) is 0 Å². The van der Waals surface area contributed by atoms with Crippen LogP contribution in [0, 0.1) is 5.82 Å². The van der Waals surface area contributed by atoms with Gasteiger partial charge in [0.2, 0.25) is 0 Å². The predicted octanol–water partition coefficient (Wildman–Crippen LogP) is 5.93. The summed E-state index contributed by atoms with van der Waals surface area (Å²) in [5.41, 5.74) is -3.90. The fourth-order valence-corrected chi connectivity index (χ4v) is 3.58. The zero-order valence-corrected chi connectivity index (χ0v) is 15.7. The van der Waals surface area contributed by atoms with Gasteiger partial charge >= 0.3 is 12.4 Å². The maximum atomic E-state index is 13.8. The van der Waals surface area contributed by atoms with Crippen LogP contribution >= 0.6 is 0 Å². The molecule has 3 rings (SSSR count). The summed E-state index contributed by atoms with van der Waals surface area (Å²) in [5.74, 6) is -0.565. The molecule has 0 unspecified atom stereocenters. The molecule has 1 aliphatic rings. The molecule has 3 nitrogen and oxygen atoms in total. The number of benzene rings is 2. The fourth-order valence-electron chi connectivity index (χ4n) is 3.58. The molecule has 1 heterocycles. The highest BCUT2D eigenvalue weighted by atomic mass is 19.4. The van der Waals surface area contributed by atoms with Gasteiger partial charge in [0.05, 0.1) is 30.4 Å². The van der Waals surface area contributed by atoms with Crippen LogP contribution in [0.2, 0.25) is 0 Å². The van der Waals surface area contributed by atoms with Crippen molar-refractivity contribution in [1.82, 2.24) is 5.06 Å². The molecule has 0 saturated carbocycles. The molecule has 0 N–H and O–H groups in total. The van der Waals surface area contributed by atoms with Crippen molar-refractivity contribution in [3.63, 3.8) is 0 Å². The van der Waals surface area contributed by atoms with Gasteiger partial charge in [0.15, 0.2) is 0 Å². The highest BCUT2D eigenvalue weighted by Crippen LogP contribution is 2.48. The zero-order chi connectivity index (χ0) is 22.1. The Morgan fingerprint density at radius 2 is 1.67 bits per heavy atom. The molecule has 1 fully saturated rings. The van der Waals surface area contributed by atoms with E-state index in [-0.39, 0.29) is 19.8 Å². The molecular weight excluding hydrogens is 419 g/mol. The zero-order valence-electron chi connectivity index (χ0n) is 15.7. The van der Waals surface area contributed by atoms with Gasteiger partial charge in [-0.3, -0.25) is 4.84 Å². The number of rotatable bonds is 4. The van der Waals surface area contributed by atoms with Gasteiger partial charge in [-0.1, -0.05) is 24.3 Å². The van der Waals surface area contributed by atoms with Crippen molar-refractivity contribution in [2.75, 3.05) is 19.8 Å². The summed E-state index contributed by atoms with van der Waals surface area (Å²) in [4.78, 5) is 5.51. The molecule has 10 heteroatoms. The predicted molar refractivity (Wildman–Crippen MR) is 92.6 cm³/mol. The second-order valence-corrected chi connectivity index (χ2v) is 6.61. The van der Waals surface area contributed by atoms with E-state index in [9.17, 15) is 30.7 Å². The van der Waals surface area contributed by atoms with Crippen LogP contribution in [0.5, 0.6) is 0 Å². The second kappa shape index (κ2) is 8.52. The van der Waals surface area contributed by atoms with Gasteiger partial charge in [-0.15, -0.1) is 0 Å². The Kier molecular flexibility index (Phi) is 6.40. The highest BCUT2D eigenvalue weighted by Gasteiger charge is 2.48. The molecule has 0 radical (unpaired) electrons. The molecule has 0 spiro atoms. The number of nitrogens with zero attached hydrogens (tertiary/aromatic N) is 1. The lowest BCUT2D eigenvalue weighted by atomic mass is 9.88. The topological polar surface area (TPSA) is 21.7 Å². The lowest BCUT2D eigenvalue weighted by molar-refractivity contribution is -0.248. The molecule has 0 aliphatic carbocycles. The van der Waals surface area contributed by atoms with Crippen LogP contribution in [0.3, 0.4) is 0 Å². The first-order valence-electron chi connectivity index (χ1n) is 9.08. The number of hydroxylamine groups is 2. The summed E-state index contributed by atoms with van der Waals surface area (Å²) in [6, 6.07) is 6.17. The van der Waals surface area contributed by atoms with Gasteiger partial charge in [0.25, 0.3) is 0 Å². The third kappa shape index (κ3) is 4.60. The van der Waals surface area contributed by atoms with Crippen LogP contribution in [0.1, 0.15) is 41.3 Å². The van der Waals surface area contributed by atoms with E-state index in [1.54, 1.807) is 6.92 Å². The Balaban J connectivity index is 2.19. The molecule has 0 amide bonds. The Morgan fingerprint density at radius 3 is 2.23 bits per heavy atom. The summed E-state index contributed by atoms with van der Waals surface area (Å²) in [5, 5.41) is 1.36. The van der Waals surface area contributed by atoms with Crippen molar-refractivity contribution in [3.05, 3.63) is 70.5 Å². The lowest BCUT2D eigenvalue weighted by Crippen LogP contribution is -2.42. The van der Waals surface area contributed by atoms with Crippen molar-refractivity contribution < 1.29 is 40.3 Å². The number of alkyl halides is 6. The first-order chi connectivity index (χ1) is 14.0. The largest absolute Gasteiger partial charge is 0.417 e. The minimum Gasteiger partial charge on any atom is -0.370 e. The third-order valence-electron chi connectivity index (χ3n) is 4.70. The van der Waals surface area contributed by atoms with Crippen molar-refractivity contribution in [3.8, 4) is 0 Å². The molecule has 30 heavy (non-hydrogen) atoms. The van der Waals surface area contributed by atoms with Gasteiger partial charge in [-0.05, 0) is 36.2 Å². The van der Waals surface area contributed by atoms with Crippen molar-refractivity contribution in [2.24, 2.45) is 0 Å². The summed E-state index contributed by atoms with van der Waals surface area (Å²) >= 11 is 0. The minimum atomic E-state index is -5.27. The molecular formula is C20H18F7NO2. The number of ether oxygens (including phenoxy) is 1. The smallest absolute Gasteiger partial charge is 0.370 e. The van der Waals surface area contributed by atoms with Crippen LogP contribution in [-0.4, -0.2) is 24.8 Å². The molecule has 0 bridgehead atoms. The van der Waals surface area contributed by atoms with E-state index in [0.29, 0.717) is 11.6 Å². The van der Waals surface area contributed by atoms with Gasteiger partial charge in [-0.2, -0.15) is 31.4 Å². The standard InChI is InChI=1S/C20H18F7NO2/c1-2-30-28-10-11-29-18(17(28)12-6-8-13(21)9-7-12)14-4-3-5-15(19(22,23)24)16(14)20(25,26)27/h3-9,17-18H,2,10-11H2,1H3/t17-,18+/m0/s1. The fraction of sp³-hybridized carbons (Fsp3) is 0.400. The van der Waals surface area contributed by atoms with Gasteiger partial charge in [0.1, 0.15) is 11.9 Å². The first kappa shape index (κ1) is 22.5. The second-order valence-electron chi connectivity index (χ2n) is 6.61. The Labute approximate surface area is 168 Å². The summed E-state index contributed by atoms with van der Waals surface area (Å²) in [6.07, 6.45) is -11.9. The van der Waals surface area contributed by atoms with Gasteiger partial charge in [0, 0.05) is 6.54 Å². The van der Waals surface area contributed by atoms with E-state index in [1.807, 2.05) is 0 Å². The van der Waals surface area contributed by atoms with Gasteiger partial charge < -0.3 is 4.74 Å². The Bertz CT molecular complexity index is 863. The van der Waals surface area contributed by atoms with Gasteiger partial charge in [-0.25, -0.2) is 4.39 Å². The lowest BCUT2D eigenvalue weighted by Gasteiger charge is -2.41. The molecule has 1 aliphatic heterocycles. The van der Waals surface area contributed by atoms with E-state index in [4.69, 9.17) is 9.57 Å². The van der Waals surface area contributed by atoms with E-state index in [1.165, 1.54) is 17.2 Å². The normalized spacial score (nSPS) is 21.1. The number of halogens is 7. The SMILES string of the molecule is CCON1CCO[C@H](c2cccc(C(F)(F)F)c2C(F)(F)F)[C@@H]1c1ccc(F)cc1. The maximum absolute atomic E-state index is 13.8. The third-order valence-corrected chi connectivity index (χ3v) is 4.70. The molecule has 2 atom stereocenters. The first-order valence-corrected chi connectivity index (χ1v) is 9.08. The summed E-state index contributed by atoms with van der Waals surface area (Å²) in [6.45, 7) is 1.96. The summed E-state index contributed by atoms with van der Waals surface area (Å²) in [7, 11) is 0. The number of hydrogen-bond acceptors (Lipinski definition) is 3. The highest BCUT2D eigenvalue weighted by molar-refractivity contribution is 5.42. The monoisotopic (exact) mass is 437 g/mol. The van der Waals surface area contributed by atoms with Crippen LogP contribution in [0.25, 0.3) is 0 Å². The summed E-state index contributed by atoms with van der Waals surface area (Å²) < 4.78 is 100. The van der Waals surface area contributed by atoms with Crippen molar-refractivity contribution in [2.45, 2.75) is 31.4 Å². The molecule has 2 aromatic carbocycles. The average molecular weight is 437 g/mol. The number of hydrogen-bond donors (Lipinski definition) is 0. The van der Waals surface area contributed by atoms with Crippen molar-refractivity contribution in [1.29, 1.82) is 0 Å². The molecule has 0 aromatic heterocycles. The Morgan fingerprint density at radius 1 is 1.00 bits per heavy atom. The van der Waals surface area contributed by atoms with E-state index < -0.39 is 47.0 Å². The molecule has 164 valence electrons. The maximum Gasteiger partial charge on any atom is 0.417 e. The molecule has 2 aromatic rings.